The number of rotatable bonds is 8. The molecule has 1 aliphatic rings. The van der Waals surface area contributed by atoms with Crippen molar-refractivity contribution in [2.24, 2.45) is 0 Å². The normalized spacial score (nSPS) is 26.3. The molecule has 0 bridgehead atoms. The molecular formula is C22H25F3O8. The molecule has 0 unspecified atom stereocenters. The lowest BCUT2D eigenvalue weighted by atomic mass is 9.96. The molecule has 11 heteroatoms. The lowest BCUT2D eigenvalue weighted by molar-refractivity contribution is -0.286. The molecule has 0 aromatic heterocycles. The van der Waals surface area contributed by atoms with Crippen LogP contribution in [0.1, 0.15) is 23.6 Å². The number of benzene rings is 2. The Bertz CT molecular complexity index is 925. The van der Waals surface area contributed by atoms with Crippen LogP contribution in [0.15, 0.2) is 36.4 Å². The molecule has 0 spiro atoms. The number of aliphatic hydroxyl groups is 5. The molecule has 0 amide bonds. The summed E-state index contributed by atoms with van der Waals surface area (Å²) in [5.41, 5.74) is 0.671. The van der Waals surface area contributed by atoms with E-state index >= 15 is 0 Å². The number of alkyl halides is 2. The van der Waals surface area contributed by atoms with E-state index in [9.17, 15) is 38.7 Å². The van der Waals surface area contributed by atoms with Gasteiger partial charge in [-0.25, -0.2) is 4.39 Å². The second-order valence-electron chi connectivity index (χ2n) is 7.71. The zero-order valence-corrected chi connectivity index (χ0v) is 17.5. The lowest BCUT2D eigenvalue weighted by Crippen LogP contribution is -2.61. The van der Waals surface area contributed by atoms with Crippen molar-refractivity contribution in [3.63, 3.8) is 0 Å². The minimum atomic E-state index is -2.99. The smallest absolute Gasteiger partial charge is 0.387 e. The largest absolute Gasteiger partial charge is 0.462 e. The topological polar surface area (TPSA) is 129 Å². The minimum absolute atomic E-state index is 0.000244. The van der Waals surface area contributed by atoms with E-state index in [2.05, 4.69) is 4.74 Å². The summed E-state index contributed by atoms with van der Waals surface area (Å²) in [6.45, 7) is -2.19. The lowest BCUT2D eigenvalue weighted by Gasteiger charge is -2.41. The zero-order chi connectivity index (χ0) is 24.3. The summed E-state index contributed by atoms with van der Waals surface area (Å²) in [4.78, 5) is 0. The van der Waals surface area contributed by atoms with Crippen molar-refractivity contribution in [3.05, 3.63) is 58.9 Å². The summed E-state index contributed by atoms with van der Waals surface area (Å²) in [6.07, 6.45) is -9.16. The van der Waals surface area contributed by atoms with Gasteiger partial charge >= 0.3 is 6.61 Å². The summed E-state index contributed by atoms with van der Waals surface area (Å²) in [7, 11) is 0. The zero-order valence-electron chi connectivity index (χ0n) is 17.5. The SMILES string of the molecule is C[C@@H](O)[C@H]1O[C@@H](Oc2cc(CO)cc(F)c2Cc2ccc(OC(F)F)cc2)[C@H](O)[C@@H](O)[C@@H]1O. The molecule has 8 nitrogen and oxygen atoms in total. The van der Waals surface area contributed by atoms with E-state index in [0.717, 1.165) is 6.07 Å². The Morgan fingerprint density at radius 2 is 1.67 bits per heavy atom. The molecule has 1 saturated heterocycles. The molecule has 0 aliphatic carbocycles. The molecule has 1 aliphatic heterocycles. The van der Waals surface area contributed by atoms with Gasteiger partial charge in [0.1, 0.15) is 41.7 Å². The van der Waals surface area contributed by atoms with Gasteiger partial charge in [-0.05, 0) is 42.3 Å². The van der Waals surface area contributed by atoms with Gasteiger partial charge in [0.15, 0.2) is 0 Å². The molecule has 33 heavy (non-hydrogen) atoms. The van der Waals surface area contributed by atoms with Crippen LogP contribution >= 0.6 is 0 Å². The minimum Gasteiger partial charge on any atom is -0.462 e. The van der Waals surface area contributed by atoms with Crippen LogP contribution < -0.4 is 9.47 Å². The van der Waals surface area contributed by atoms with E-state index in [4.69, 9.17) is 9.47 Å². The van der Waals surface area contributed by atoms with Gasteiger partial charge in [0, 0.05) is 12.0 Å². The Hall–Kier alpha value is -2.41. The van der Waals surface area contributed by atoms with Crippen LogP contribution in [-0.4, -0.2) is 69.0 Å². The second-order valence-corrected chi connectivity index (χ2v) is 7.71. The third kappa shape index (κ3) is 5.94. The Labute approximate surface area is 187 Å². The Morgan fingerprint density at radius 3 is 2.24 bits per heavy atom. The van der Waals surface area contributed by atoms with E-state index in [-0.39, 0.29) is 29.0 Å². The summed E-state index contributed by atoms with van der Waals surface area (Å²) in [5.74, 6) is -0.942. The van der Waals surface area contributed by atoms with Gasteiger partial charge in [-0.3, -0.25) is 0 Å². The molecular weight excluding hydrogens is 449 g/mol. The van der Waals surface area contributed by atoms with Crippen molar-refractivity contribution in [1.82, 2.24) is 0 Å². The first-order valence-electron chi connectivity index (χ1n) is 10.1. The van der Waals surface area contributed by atoms with Gasteiger partial charge in [0.25, 0.3) is 0 Å². The van der Waals surface area contributed by atoms with Gasteiger partial charge in [0.05, 0.1) is 12.7 Å². The van der Waals surface area contributed by atoms with Crippen LogP contribution in [-0.2, 0) is 17.8 Å². The first-order valence-corrected chi connectivity index (χ1v) is 10.1. The molecule has 6 atom stereocenters. The van der Waals surface area contributed by atoms with Crippen molar-refractivity contribution < 1.29 is 52.9 Å². The van der Waals surface area contributed by atoms with E-state index < -0.39 is 55.8 Å². The molecule has 0 saturated carbocycles. The maximum absolute atomic E-state index is 14.9. The van der Waals surface area contributed by atoms with Gasteiger partial charge in [-0.15, -0.1) is 0 Å². The highest BCUT2D eigenvalue weighted by molar-refractivity contribution is 5.42. The van der Waals surface area contributed by atoms with Crippen LogP contribution in [0.2, 0.25) is 0 Å². The molecule has 2 aromatic rings. The molecule has 3 rings (SSSR count). The Morgan fingerprint density at radius 1 is 1.00 bits per heavy atom. The van der Waals surface area contributed by atoms with Crippen molar-refractivity contribution >= 4 is 0 Å². The number of aliphatic hydroxyl groups excluding tert-OH is 5. The summed E-state index contributed by atoms with van der Waals surface area (Å²) >= 11 is 0. The standard InChI is InChI=1S/C22H25F3O8/c1-10(27)20-18(29)17(28)19(30)21(33-20)32-16-8-12(9-26)7-15(23)14(16)6-11-2-4-13(5-3-11)31-22(24)25/h2-5,7-8,10,17-22,26-30H,6,9H2,1H3/t10-,17+,18+,19-,20-,21-/m1/s1. The van der Waals surface area contributed by atoms with Crippen molar-refractivity contribution in [3.8, 4) is 11.5 Å². The first-order chi connectivity index (χ1) is 15.6. The highest BCUT2D eigenvalue weighted by Crippen LogP contribution is 2.32. The van der Waals surface area contributed by atoms with Crippen LogP contribution in [0, 0.1) is 5.82 Å². The third-order valence-electron chi connectivity index (χ3n) is 5.25. The second kappa shape index (κ2) is 10.7. The van der Waals surface area contributed by atoms with Crippen LogP contribution in [0.4, 0.5) is 13.2 Å². The molecule has 0 radical (unpaired) electrons. The fourth-order valence-electron chi connectivity index (χ4n) is 3.52. The quantitative estimate of drug-likeness (QED) is 0.385. The predicted octanol–water partition coefficient (Wildman–Crippen LogP) is 1.08. The highest BCUT2D eigenvalue weighted by atomic mass is 19.3. The van der Waals surface area contributed by atoms with Gasteiger partial charge in [-0.1, -0.05) is 12.1 Å². The van der Waals surface area contributed by atoms with Crippen LogP contribution in [0.5, 0.6) is 11.5 Å². The van der Waals surface area contributed by atoms with Crippen LogP contribution in [0.25, 0.3) is 0 Å². The van der Waals surface area contributed by atoms with Crippen molar-refractivity contribution in [2.75, 3.05) is 0 Å². The summed E-state index contributed by atoms with van der Waals surface area (Å²) in [6, 6.07) is 7.90. The number of halogens is 3. The average molecular weight is 474 g/mol. The van der Waals surface area contributed by atoms with Crippen molar-refractivity contribution in [2.45, 2.75) is 63.4 Å². The number of hydrogen-bond donors (Lipinski definition) is 5. The molecule has 2 aromatic carbocycles. The summed E-state index contributed by atoms with van der Waals surface area (Å²) < 4.78 is 54.9. The van der Waals surface area contributed by atoms with E-state index in [0.29, 0.717) is 5.56 Å². The van der Waals surface area contributed by atoms with Crippen LogP contribution in [0.3, 0.4) is 0 Å². The Kier molecular flexibility index (Phi) is 8.16. The van der Waals surface area contributed by atoms with E-state index in [1.807, 2.05) is 0 Å². The highest BCUT2D eigenvalue weighted by Gasteiger charge is 2.46. The fourth-order valence-corrected chi connectivity index (χ4v) is 3.52. The number of ether oxygens (including phenoxy) is 3. The van der Waals surface area contributed by atoms with Gasteiger partial charge < -0.3 is 39.7 Å². The number of hydrogen-bond acceptors (Lipinski definition) is 8. The van der Waals surface area contributed by atoms with Gasteiger partial charge in [-0.2, -0.15) is 8.78 Å². The molecule has 182 valence electrons. The van der Waals surface area contributed by atoms with E-state index in [1.54, 1.807) is 0 Å². The monoisotopic (exact) mass is 474 g/mol. The molecule has 5 N–H and O–H groups in total. The predicted molar refractivity (Wildman–Crippen MR) is 107 cm³/mol. The summed E-state index contributed by atoms with van der Waals surface area (Å²) in [5, 5.41) is 49.7. The average Bonchev–Trinajstić information content (AvgIpc) is 2.76. The van der Waals surface area contributed by atoms with Crippen molar-refractivity contribution in [1.29, 1.82) is 0 Å². The van der Waals surface area contributed by atoms with Gasteiger partial charge in [0.2, 0.25) is 6.29 Å². The third-order valence-corrected chi connectivity index (χ3v) is 5.25. The van der Waals surface area contributed by atoms with E-state index in [1.165, 1.54) is 37.3 Å². The molecule has 1 fully saturated rings. The fraction of sp³-hybridized carbons (Fsp3) is 0.455. The maximum Gasteiger partial charge on any atom is 0.387 e. The molecule has 1 heterocycles. The first kappa shape index (κ1) is 25.2. The Balaban J connectivity index is 1.89. The maximum atomic E-state index is 14.9.